The topological polar surface area (TPSA) is 24.9 Å². The SMILES string of the molecule is CCCNc1c2c(nc3c(Cl)cccc13)CCCC2. The Morgan fingerprint density at radius 2 is 2.11 bits per heavy atom. The average Bonchev–Trinajstić information content (AvgIpc) is 2.44. The van der Waals surface area contributed by atoms with Crippen molar-refractivity contribution in [2.75, 3.05) is 11.9 Å². The van der Waals surface area contributed by atoms with Crippen LogP contribution in [0.25, 0.3) is 10.9 Å². The van der Waals surface area contributed by atoms with Crippen LogP contribution >= 0.6 is 11.6 Å². The Kier molecular flexibility index (Phi) is 3.61. The second kappa shape index (κ2) is 5.38. The Morgan fingerprint density at radius 3 is 2.95 bits per heavy atom. The van der Waals surface area contributed by atoms with Gasteiger partial charge >= 0.3 is 0 Å². The number of hydrogen-bond donors (Lipinski definition) is 1. The largest absolute Gasteiger partial charge is 0.384 e. The van der Waals surface area contributed by atoms with E-state index in [9.17, 15) is 0 Å². The van der Waals surface area contributed by atoms with Crippen LogP contribution < -0.4 is 5.32 Å². The van der Waals surface area contributed by atoms with E-state index in [2.05, 4.69) is 18.3 Å². The molecule has 0 spiro atoms. The Labute approximate surface area is 119 Å². The van der Waals surface area contributed by atoms with Crippen LogP contribution in [0.4, 0.5) is 5.69 Å². The standard InChI is InChI=1S/C16H19ClN2/c1-2-10-18-15-11-6-3-4-9-14(11)19-16-12(15)7-5-8-13(16)17/h5,7-8H,2-4,6,9-10H2,1H3,(H,18,19). The average molecular weight is 275 g/mol. The molecule has 1 aliphatic rings. The number of benzene rings is 1. The molecule has 3 rings (SSSR count). The van der Waals surface area contributed by atoms with Gasteiger partial charge in [0.05, 0.1) is 10.5 Å². The predicted molar refractivity (Wildman–Crippen MR) is 82.2 cm³/mol. The molecule has 1 aromatic heterocycles. The van der Waals surface area contributed by atoms with Gasteiger partial charge in [0.2, 0.25) is 0 Å². The van der Waals surface area contributed by atoms with Crippen molar-refractivity contribution in [3.05, 3.63) is 34.5 Å². The second-order valence-electron chi connectivity index (χ2n) is 5.18. The van der Waals surface area contributed by atoms with E-state index in [1.165, 1.54) is 35.2 Å². The van der Waals surface area contributed by atoms with Crippen LogP contribution in [0, 0.1) is 0 Å². The third kappa shape index (κ3) is 2.30. The fourth-order valence-corrected chi connectivity index (χ4v) is 3.08. The number of nitrogens with zero attached hydrogens (tertiary/aromatic N) is 1. The smallest absolute Gasteiger partial charge is 0.0912 e. The third-order valence-electron chi connectivity index (χ3n) is 3.80. The molecule has 100 valence electrons. The lowest BCUT2D eigenvalue weighted by molar-refractivity contribution is 0.672. The Bertz CT molecular complexity index is 607. The van der Waals surface area contributed by atoms with E-state index in [4.69, 9.17) is 16.6 Å². The van der Waals surface area contributed by atoms with Gasteiger partial charge < -0.3 is 5.32 Å². The van der Waals surface area contributed by atoms with Gasteiger partial charge in [0.1, 0.15) is 0 Å². The summed E-state index contributed by atoms with van der Waals surface area (Å²) in [4.78, 5) is 4.81. The first-order valence-corrected chi connectivity index (χ1v) is 7.53. The van der Waals surface area contributed by atoms with Crippen LogP contribution in [-0.4, -0.2) is 11.5 Å². The van der Waals surface area contributed by atoms with E-state index in [0.717, 1.165) is 36.3 Å². The number of pyridine rings is 1. The molecule has 1 heterocycles. The van der Waals surface area contributed by atoms with E-state index in [-0.39, 0.29) is 0 Å². The van der Waals surface area contributed by atoms with Crippen LogP contribution in [0.5, 0.6) is 0 Å². The van der Waals surface area contributed by atoms with Gasteiger partial charge in [0, 0.05) is 23.3 Å². The number of para-hydroxylation sites is 1. The van der Waals surface area contributed by atoms with Gasteiger partial charge in [-0.15, -0.1) is 0 Å². The van der Waals surface area contributed by atoms with Crippen molar-refractivity contribution in [3.8, 4) is 0 Å². The van der Waals surface area contributed by atoms with Crippen molar-refractivity contribution in [2.24, 2.45) is 0 Å². The van der Waals surface area contributed by atoms with E-state index >= 15 is 0 Å². The lowest BCUT2D eigenvalue weighted by Gasteiger charge is -2.21. The summed E-state index contributed by atoms with van der Waals surface area (Å²) in [5.41, 5.74) is 4.87. The highest BCUT2D eigenvalue weighted by Gasteiger charge is 2.18. The zero-order valence-electron chi connectivity index (χ0n) is 11.3. The molecule has 0 bridgehead atoms. The summed E-state index contributed by atoms with van der Waals surface area (Å²) in [7, 11) is 0. The van der Waals surface area contributed by atoms with E-state index in [0.29, 0.717) is 0 Å². The highest BCUT2D eigenvalue weighted by molar-refractivity contribution is 6.35. The molecule has 1 aliphatic carbocycles. The van der Waals surface area contributed by atoms with Crippen molar-refractivity contribution < 1.29 is 0 Å². The van der Waals surface area contributed by atoms with Crippen molar-refractivity contribution in [2.45, 2.75) is 39.0 Å². The third-order valence-corrected chi connectivity index (χ3v) is 4.10. The highest BCUT2D eigenvalue weighted by atomic mass is 35.5. The minimum atomic E-state index is 0.755. The van der Waals surface area contributed by atoms with Gasteiger partial charge in [-0.1, -0.05) is 30.7 Å². The molecule has 0 aliphatic heterocycles. The molecule has 0 atom stereocenters. The summed E-state index contributed by atoms with van der Waals surface area (Å²) in [5.74, 6) is 0. The van der Waals surface area contributed by atoms with Gasteiger partial charge in [0.15, 0.2) is 0 Å². The number of fused-ring (bicyclic) bond motifs is 2. The quantitative estimate of drug-likeness (QED) is 0.885. The molecular weight excluding hydrogens is 256 g/mol. The maximum Gasteiger partial charge on any atom is 0.0912 e. The minimum Gasteiger partial charge on any atom is -0.384 e. The van der Waals surface area contributed by atoms with Crippen LogP contribution in [0.15, 0.2) is 18.2 Å². The fraction of sp³-hybridized carbons (Fsp3) is 0.438. The highest BCUT2D eigenvalue weighted by Crippen LogP contribution is 2.35. The van der Waals surface area contributed by atoms with E-state index < -0.39 is 0 Å². The molecule has 19 heavy (non-hydrogen) atoms. The first kappa shape index (κ1) is 12.7. The number of aryl methyl sites for hydroxylation is 1. The molecule has 2 nitrogen and oxygen atoms in total. The number of halogens is 1. The van der Waals surface area contributed by atoms with Gasteiger partial charge in [-0.05, 0) is 43.7 Å². The molecule has 3 heteroatoms. The monoisotopic (exact) mass is 274 g/mol. The van der Waals surface area contributed by atoms with Gasteiger partial charge in [-0.25, -0.2) is 0 Å². The van der Waals surface area contributed by atoms with Gasteiger partial charge in [0.25, 0.3) is 0 Å². The Hall–Kier alpha value is -1.28. The first-order chi connectivity index (χ1) is 9.31. The molecule has 0 radical (unpaired) electrons. The summed E-state index contributed by atoms with van der Waals surface area (Å²) in [6.45, 7) is 3.19. The molecule has 1 N–H and O–H groups in total. The lowest BCUT2D eigenvalue weighted by Crippen LogP contribution is -2.12. The number of rotatable bonds is 3. The number of hydrogen-bond acceptors (Lipinski definition) is 2. The number of nitrogens with one attached hydrogen (secondary N) is 1. The molecule has 0 saturated heterocycles. The van der Waals surface area contributed by atoms with Gasteiger partial charge in [-0.3, -0.25) is 4.98 Å². The Morgan fingerprint density at radius 1 is 1.26 bits per heavy atom. The van der Waals surface area contributed by atoms with Crippen LogP contribution in [0.1, 0.15) is 37.4 Å². The summed E-state index contributed by atoms with van der Waals surface area (Å²) in [6.07, 6.45) is 5.85. The summed E-state index contributed by atoms with van der Waals surface area (Å²) < 4.78 is 0. The maximum absolute atomic E-state index is 6.32. The molecule has 0 saturated carbocycles. The van der Waals surface area contributed by atoms with Crippen LogP contribution in [0.2, 0.25) is 5.02 Å². The normalized spacial score (nSPS) is 14.4. The van der Waals surface area contributed by atoms with Crippen molar-refractivity contribution in [1.82, 2.24) is 4.98 Å². The first-order valence-electron chi connectivity index (χ1n) is 7.15. The number of aromatic nitrogens is 1. The maximum atomic E-state index is 6.32. The minimum absolute atomic E-state index is 0.755. The van der Waals surface area contributed by atoms with Crippen LogP contribution in [-0.2, 0) is 12.8 Å². The van der Waals surface area contributed by atoms with Gasteiger partial charge in [-0.2, -0.15) is 0 Å². The second-order valence-corrected chi connectivity index (χ2v) is 5.59. The molecule has 2 aromatic rings. The predicted octanol–water partition coefficient (Wildman–Crippen LogP) is 4.59. The summed E-state index contributed by atoms with van der Waals surface area (Å²) in [5, 5.41) is 5.52. The summed E-state index contributed by atoms with van der Waals surface area (Å²) >= 11 is 6.32. The molecular formula is C16H19ClN2. The molecule has 0 fully saturated rings. The van der Waals surface area contributed by atoms with Crippen molar-refractivity contribution in [3.63, 3.8) is 0 Å². The van der Waals surface area contributed by atoms with Crippen LogP contribution in [0.3, 0.4) is 0 Å². The molecule has 1 aromatic carbocycles. The van der Waals surface area contributed by atoms with Crippen molar-refractivity contribution >= 4 is 28.2 Å². The van der Waals surface area contributed by atoms with E-state index in [1.807, 2.05) is 12.1 Å². The van der Waals surface area contributed by atoms with Crippen molar-refractivity contribution in [1.29, 1.82) is 0 Å². The summed E-state index contributed by atoms with van der Waals surface area (Å²) in [6, 6.07) is 6.06. The zero-order chi connectivity index (χ0) is 13.2. The fourth-order valence-electron chi connectivity index (χ4n) is 2.86. The zero-order valence-corrected chi connectivity index (χ0v) is 12.1. The molecule has 0 amide bonds. The Balaban J connectivity index is 2.24. The number of anilines is 1. The van der Waals surface area contributed by atoms with E-state index in [1.54, 1.807) is 0 Å². The molecule has 0 unspecified atom stereocenters. The lowest BCUT2D eigenvalue weighted by atomic mass is 9.92.